The number of amides is 1. The molecule has 1 amide bonds. The molecule has 122 valence electrons. The van der Waals surface area contributed by atoms with Crippen LogP contribution in [0.2, 0.25) is 0 Å². The number of benzene rings is 2. The van der Waals surface area contributed by atoms with E-state index in [9.17, 15) is 9.18 Å². The zero-order chi connectivity index (χ0) is 17.0. The fourth-order valence-corrected chi connectivity index (χ4v) is 2.09. The molecule has 0 saturated heterocycles. The van der Waals surface area contributed by atoms with Crippen molar-refractivity contribution in [3.8, 4) is 16.9 Å². The Bertz CT molecular complexity index is 697. The van der Waals surface area contributed by atoms with E-state index in [-0.39, 0.29) is 12.1 Å². The molecule has 2 rings (SSSR count). The maximum absolute atomic E-state index is 14.3. The molecular formula is C18H21FN2O2. The highest BCUT2D eigenvalue weighted by atomic mass is 19.1. The van der Waals surface area contributed by atoms with E-state index in [4.69, 9.17) is 10.5 Å². The maximum atomic E-state index is 14.3. The number of nitrogens with two attached hydrogens (primary N) is 1. The Morgan fingerprint density at radius 1 is 1.17 bits per heavy atom. The lowest BCUT2D eigenvalue weighted by Gasteiger charge is -2.24. The largest absolute Gasteiger partial charge is 0.497 e. The van der Waals surface area contributed by atoms with E-state index in [1.165, 1.54) is 12.1 Å². The Labute approximate surface area is 135 Å². The van der Waals surface area contributed by atoms with Gasteiger partial charge >= 0.3 is 0 Å². The van der Waals surface area contributed by atoms with Crippen LogP contribution in [0.3, 0.4) is 0 Å². The molecule has 0 aliphatic heterocycles. The highest BCUT2D eigenvalue weighted by Gasteiger charge is 2.21. The third-order valence-corrected chi connectivity index (χ3v) is 3.60. The van der Waals surface area contributed by atoms with Gasteiger partial charge in [-0.25, -0.2) is 4.39 Å². The summed E-state index contributed by atoms with van der Waals surface area (Å²) < 4.78 is 19.4. The quantitative estimate of drug-likeness (QED) is 0.891. The van der Waals surface area contributed by atoms with E-state index < -0.39 is 17.3 Å². The second-order valence-corrected chi connectivity index (χ2v) is 5.97. The van der Waals surface area contributed by atoms with Crippen LogP contribution in [0.4, 0.5) is 4.39 Å². The molecule has 0 atom stereocenters. The van der Waals surface area contributed by atoms with Crippen molar-refractivity contribution < 1.29 is 13.9 Å². The van der Waals surface area contributed by atoms with Gasteiger partial charge in [-0.3, -0.25) is 4.79 Å². The second-order valence-electron chi connectivity index (χ2n) is 5.97. The summed E-state index contributed by atoms with van der Waals surface area (Å²) in [6, 6.07) is 11.8. The number of hydrogen-bond acceptors (Lipinski definition) is 3. The summed E-state index contributed by atoms with van der Waals surface area (Å²) in [6.07, 6.45) is 0. The van der Waals surface area contributed by atoms with Gasteiger partial charge in [-0.1, -0.05) is 18.2 Å². The highest BCUT2D eigenvalue weighted by molar-refractivity contribution is 5.95. The summed E-state index contributed by atoms with van der Waals surface area (Å²) in [5.74, 6) is -0.308. The van der Waals surface area contributed by atoms with Gasteiger partial charge in [-0.2, -0.15) is 0 Å². The lowest BCUT2D eigenvalue weighted by atomic mass is 10.0. The van der Waals surface area contributed by atoms with E-state index in [2.05, 4.69) is 5.32 Å². The Balaban J connectivity index is 2.25. The van der Waals surface area contributed by atoms with Crippen molar-refractivity contribution in [1.29, 1.82) is 0 Å². The summed E-state index contributed by atoms with van der Waals surface area (Å²) in [6.45, 7) is 3.84. The molecule has 4 nitrogen and oxygen atoms in total. The van der Waals surface area contributed by atoms with Crippen molar-refractivity contribution in [2.24, 2.45) is 5.73 Å². The fraction of sp³-hybridized carbons (Fsp3) is 0.278. The van der Waals surface area contributed by atoms with Gasteiger partial charge in [0.2, 0.25) is 0 Å². The third kappa shape index (κ3) is 4.07. The molecule has 0 heterocycles. The number of hydrogen-bond donors (Lipinski definition) is 2. The SMILES string of the molecule is COc1ccc(-c2ccc(C(=O)NC(C)(C)CN)c(F)c2)cc1. The molecule has 0 aromatic heterocycles. The first kappa shape index (κ1) is 17.0. The number of methoxy groups -OCH3 is 1. The van der Waals surface area contributed by atoms with Crippen LogP contribution in [0.5, 0.6) is 5.75 Å². The van der Waals surface area contributed by atoms with Crippen LogP contribution < -0.4 is 15.8 Å². The monoisotopic (exact) mass is 316 g/mol. The van der Waals surface area contributed by atoms with Crippen LogP contribution in [0.1, 0.15) is 24.2 Å². The van der Waals surface area contributed by atoms with E-state index >= 15 is 0 Å². The molecule has 0 unspecified atom stereocenters. The normalized spacial score (nSPS) is 11.2. The van der Waals surface area contributed by atoms with Crippen molar-refractivity contribution in [2.45, 2.75) is 19.4 Å². The van der Waals surface area contributed by atoms with Crippen LogP contribution in [-0.4, -0.2) is 25.1 Å². The number of rotatable bonds is 5. The lowest BCUT2D eigenvalue weighted by Crippen LogP contribution is -2.49. The number of carbonyl (C=O) groups is 1. The second kappa shape index (κ2) is 6.79. The molecule has 0 aliphatic rings. The molecule has 0 spiro atoms. The van der Waals surface area contributed by atoms with Crippen LogP contribution in [0.15, 0.2) is 42.5 Å². The zero-order valence-corrected chi connectivity index (χ0v) is 13.5. The van der Waals surface area contributed by atoms with Gasteiger partial charge in [-0.15, -0.1) is 0 Å². The standard InChI is InChI=1S/C18H21FN2O2/c1-18(2,11-20)21-17(22)15-9-6-13(10-16(15)19)12-4-7-14(23-3)8-5-12/h4-10H,11,20H2,1-3H3,(H,21,22). The summed E-state index contributed by atoms with van der Waals surface area (Å²) in [7, 11) is 1.59. The van der Waals surface area contributed by atoms with Gasteiger partial charge < -0.3 is 15.8 Å². The molecule has 0 aliphatic carbocycles. The van der Waals surface area contributed by atoms with E-state index in [0.29, 0.717) is 5.56 Å². The lowest BCUT2D eigenvalue weighted by molar-refractivity contribution is 0.0911. The van der Waals surface area contributed by atoms with Gasteiger partial charge in [-0.05, 0) is 49.2 Å². The fourth-order valence-electron chi connectivity index (χ4n) is 2.09. The topological polar surface area (TPSA) is 64.3 Å². The molecule has 2 aromatic carbocycles. The van der Waals surface area contributed by atoms with Crippen molar-refractivity contribution in [2.75, 3.05) is 13.7 Å². The van der Waals surface area contributed by atoms with E-state index in [1.807, 2.05) is 12.1 Å². The van der Waals surface area contributed by atoms with Gasteiger partial charge in [0.05, 0.1) is 12.7 Å². The predicted molar refractivity (Wildman–Crippen MR) is 89.0 cm³/mol. The number of carbonyl (C=O) groups excluding carboxylic acids is 1. The van der Waals surface area contributed by atoms with Crippen molar-refractivity contribution in [3.05, 3.63) is 53.8 Å². The Kier molecular flexibility index (Phi) is 5.01. The first-order valence-corrected chi connectivity index (χ1v) is 7.33. The van der Waals surface area contributed by atoms with Crippen LogP contribution >= 0.6 is 0 Å². The molecule has 0 fully saturated rings. The molecular weight excluding hydrogens is 295 g/mol. The number of ether oxygens (including phenoxy) is 1. The van der Waals surface area contributed by atoms with Gasteiger partial charge in [0.1, 0.15) is 11.6 Å². The molecule has 0 radical (unpaired) electrons. The molecule has 0 saturated carbocycles. The van der Waals surface area contributed by atoms with Crippen molar-refractivity contribution in [3.63, 3.8) is 0 Å². The predicted octanol–water partition coefficient (Wildman–Crippen LogP) is 2.97. The minimum Gasteiger partial charge on any atom is -0.497 e. The molecule has 2 aromatic rings. The first-order valence-electron chi connectivity index (χ1n) is 7.33. The average Bonchev–Trinajstić information content (AvgIpc) is 2.54. The Morgan fingerprint density at radius 3 is 2.30 bits per heavy atom. The highest BCUT2D eigenvalue weighted by Crippen LogP contribution is 2.24. The third-order valence-electron chi connectivity index (χ3n) is 3.60. The number of halogens is 1. The number of nitrogens with one attached hydrogen (secondary N) is 1. The Hall–Kier alpha value is -2.40. The molecule has 3 N–H and O–H groups in total. The average molecular weight is 316 g/mol. The van der Waals surface area contributed by atoms with Gasteiger partial charge in [0.15, 0.2) is 0 Å². The van der Waals surface area contributed by atoms with Crippen LogP contribution in [-0.2, 0) is 0 Å². The van der Waals surface area contributed by atoms with E-state index in [1.54, 1.807) is 39.2 Å². The molecule has 5 heteroatoms. The van der Waals surface area contributed by atoms with Crippen molar-refractivity contribution in [1.82, 2.24) is 5.32 Å². The molecule has 0 bridgehead atoms. The zero-order valence-electron chi connectivity index (χ0n) is 13.5. The van der Waals surface area contributed by atoms with Gasteiger partial charge in [0, 0.05) is 12.1 Å². The van der Waals surface area contributed by atoms with Crippen molar-refractivity contribution >= 4 is 5.91 Å². The first-order chi connectivity index (χ1) is 10.9. The summed E-state index contributed by atoms with van der Waals surface area (Å²) in [5.41, 5.74) is 6.53. The van der Waals surface area contributed by atoms with E-state index in [0.717, 1.165) is 11.3 Å². The van der Waals surface area contributed by atoms with Crippen LogP contribution in [0, 0.1) is 5.82 Å². The maximum Gasteiger partial charge on any atom is 0.254 e. The summed E-state index contributed by atoms with van der Waals surface area (Å²) >= 11 is 0. The Morgan fingerprint density at radius 2 is 1.78 bits per heavy atom. The molecule has 23 heavy (non-hydrogen) atoms. The smallest absolute Gasteiger partial charge is 0.254 e. The van der Waals surface area contributed by atoms with Crippen LogP contribution in [0.25, 0.3) is 11.1 Å². The van der Waals surface area contributed by atoms with Gasteiger partial charge in [0.25, 0.3) is 5.91 Å². The minimum absolute atomic E-state index is 0.00351. The minimum atomic E-state index is -0.585. The summed E-state index contributed by atoms with van der Waals surface area (Å²) in [4.78, 5) is 12.1. The summed E-state index contributed by atoms with van der Waals surface area (Å²) in [5, 5.41) is 2.72.